The van der Waals surface area contributed by atoms with E-state index in [0.717, 1.165) is 39.0 Å². The van der Waals surface area contributed by atoms with Gasteiger partial charge in [0.25, 0.3) is 0 Å². The Hall–Kier alpha value is -1.64. The summed E-state index contributed by atoms with van der Waals surface area (Å²) in [5.41, 5.74) is 0. The second kappa shape index (κ2) is 9.45. The first-order chi connectivity index (χ1) is 13.8. The summed E-state index contributed by atoms with van der Waals surface area (Å²) < 4.78 is 33.1. The third kappa shape index (κ3) is 5.49. The number of methoxy groups -OCH3 is 1. The van der Waals surface area contributed by atoms with Crippen LogP contribution in [0.15, 0.2) is 29.2 Å². The summed E-state index contributed by atoms with van der Waals surface area (Å²) in [6.45, 7) is 7.82. The highest BCUT2D eigenvalue weighted by atomic mass is 32.2. The van der Waals surface area contributed by atoms with Crippen molar-refractivity contribution in [2.75, 3.05) is 33.3 Å². The van der Waals surface area contributed by atoms with Crippen LogP contribution >= 0.6 is 0 Å². The molecule has 7 nitrogen and oxygen atoms in total. The van der Waals surface area contributed by atoms with Crippen LogP contribution in [0.4, 0.5) is 0 Å². The van der Waals surface area contributed by atoms with E-state index in [2.05, 4.69) is 23.5 Å². The van der Waals surface area contributed by atoms with Crippen molar-refractivity contribution in [2.24, 2.45) is 5.92 Å². The molecule has 1 saturated heterocycles. The molecule has 0 aromatic heterocycles. The minimum Gasteiger partial charge on any atom is -0.497 e. The summed E-state index contributed by atoms with van der Waals surface area (Å²) >= 11 is 0. The van der Waals surface area contributed by atoms with Crippen LogP contribution in [0.1, 0.15) is 39.5 Å². The van der Waals surface area contributed by atoms with Crippen LogP contribution in [0, 0.1) is 5.92 Å². The van der Waals surface area contributed by atoms with E-state index in [9.17, 15) is 13.2 Å². The third-order valence-corrected chi connectivity index (χ3v) is 7.66. The van der Waals surface area contributed by atoms with Crippen molar-refractivity contribution in [1.29, 1.82) is 0 Å². The van der Waals surface area contributed by atoms with E-state index in [1.54, 1.807) is 31.4 Å². The van der Waals surface area contributed by atoms with Gasteiger partial charge in [-0.2, -0.15) is 0 Å². The zero-order valence-corrected chi connectivity index (χ0v) is 18.5. The minimum atomic E-state index is -3.56. The number of piperazine rings is 1. The Bertz CT molecular complexity index is 779. The highest BCUT2D eigenvalue weighted by molar-refractivity contribution is 7.89. The Morgan fingerprint density at radius 1 is 1.03 bits per heavy atom. The van der Waals surface area contributed by atoms with Crippen LogP contribution in [0.2, 0.25) is 0 Å². The van der Waals surface area contributed by atoms with Crippen molar-refractivity contribution in [3.05, 3.63) is 24.3 Å². The maximum Gasteiger partial charge on any atom is 0.240 e. The summed E-state index contributed by atoms with van der Waals surface area (Å²) in [7, 11) is -2.02. The number of benzene rings is 1. The number of hydrogen-bond donors (Lipinski definition) is 1. The summed E-state index contributed by atoms with van der Waals surface area (Å²) in [6.07, 6.45) is 2.85. The molecule has 2 aliphatic rings. The molecule has 0 radical (unpaired) electrons. The first-order valence-corrected chi connectivity index (χ1v) is 12.0. The van der Waals surface area contributed by atoms with Gasteiger partial charge in [-0.25, -0.2) is 13.1 Å². The zero-order chi connectivity index (χ0) is 21.0. The molecular weight excluding hydrogens is 390 g/mol. The van der Waals surface area contributed by atoms with Gasteiger partial charge in [0.15, 0.2) is 0 Å². The lowest BCUT2D eigenvalue weighted by Crippen LogP contribution is -2.52. The minimum absolute atomic E-state index is 0.0161. The maximum atomic E-state index is 12.9. The largest absolute Gasteiger partial charge is 0.497 e. The van der Waals surface area contributed by atoms with Gasteiger partial charge in [-0.1, -0.05) is 0 Å². The molecule has 29 heavy (non-hydrogen) atoms. The molecular formula is C21H33N3O4S. The van der Waals surface area contributed by atoms with Crippen LogP contribution in [-0.4, -0.2) is 69.5 Å². The number of rotatable bonds is 6. The Balaban J connectivity index is 1.49. The van der Waals surface area contributed by atoms with Gasteiger partial charge in [-0.3, -0.25) is 9.69 Å². The van der Waals surface area contributed by atoms with Crippen LogP contribution in [-0.2, 0) is 14.8 Å². The van der Waals surface area contributed by atoms with Crippen molar-refractivity contribution in [3.63, 3.8) is 0 Å². The number of ether oxygens (including phenoxy) is 1. The molecule has 0 unspecified atom stereocenters. The predicted octanol–water partition coefficient (Wildman–Crippen LogP) is 2.08. The average Bonchev–Trinajstić information content (AvgIpc) is 2.73. The number of nitrogens with zero attached hydrogens (tertiary/aromatic N) is 2. The number of amides is 1. The fourth-order valence-corrected chi connectivity index (χ4v) is 5.52. The van der Waals surface area contributed by atoms with E-state index < -0.39 is 10.0 Å². The quantitative estimate of drug-likeness (QED) is 0.758. The van der Waals surface area contributed by atoms with Gasteiger partial charge in [-0.15, -0.1) is 0 Å². The van der Waals surface area contributed by atoms with Gasteiger partial charge in [0.05, 0.1) is 12.0 Å². The molecule has 8 heteroatoms. The predicted molar refractivity (Wildman–Crippen MR) is 112 cm³/mol. The van der Waals surface area contributed by atoms with Crippen LogP contribution in [0.25, 0.3) is 0 Å². The molecule has 1 heterocycles. The van der Waals surface area contributed by atoms with Gasteiger partial charge in [-0.05, 0) is 63.8 Å². The van der Waals surface area contributed by atoms with E-state index in [-0.39, 0.29) is 22.8 Å². The standard InChI is InChI=1S/C21H33N3O4S/c1-16(2)23-12-14-24(15-13-23)21(25)17-4-6-18(7-5-17)22-29(26,27)20-10-8-19(28-3)9-11-20/h8-11,16-18,22H,4-7,12-15H2,1-3H3/t17-,18-. The Labute approximate surface area is 174 Å². The Morgan fingerprint density at radius 3 is 2.14 bits per heavy atom. The van der Waals surface area contributed by atoms with Crippen LogP contribution in [0.5, 0.6) is 5.75 Å². The van der Waals surface area contributed by atoms with Crippen molar-refractivity contribution in [3.8, 4) is 5.75 Å². The van der Waals surface area contributed by atoms with Crippen molar-refractivity contribution in [1.82, 2.24) is 14.5 Å². The smallest absolute Gasteiger partial charge is 0.240 e. The monoisotopic (exact) mass is 423 g/mol. The molecule has 1 amide bonds. The van der Waals surface area contributed by atoms with Gasteiger partial charge in [0.2, 0.25) is 15.9 Å². The average molecular weight is 424 g/mol. The lowest BCUT2D eigenvalue weighted by molar-refractivity contribution is -0.138. The van der Waals surface area contributed by atoms with E-state index in [1.807, 2.05) is 4.90 Å². The first kappa shape index (κ1) is 22.1. The second-order valence-corrected chi connectivity index (χ2v) is 10.0. The molecule has 0 atom stereocenters. The van der Waals surface area contributed by atoms with E-state index in [1.165, 1.54) is 0 Å². The van der Waals surface area contributed by atoms with Crippen molar-refractivity contribution >= 4 is 15.9 Å². The van der Waals surface area contributed by atoms with E-state index in [0.29, 0.717) is 24.6 Å². The molecule has 162 valence electrons. The molecule has 1 aromatic carbocycles. The normalized spacial score (nSPS) is 23.9. The Kier molecular flexibility index (Phi) is 7.19. The SMILES string of the molecule is COc1ccc(S(=O)(=O)N[C@H]2CC[C@H](C(=O)N3CCN(C(C)C)CC3)CC2)cc1. The molecule has 3 rings (SSSR count). The third-order valence-electron chi connectivity index (χ3n) is 6.12. The molecule has 1 aliphatic heterocycles. The summed E-state index contributed by atoms with van der Waals surface area (Å²) in [5.74, 6) is 0.879. The van der Waals surface area contributed by atoms with E-state index in [4.69, 9.17) is 4.74 Å². The van der Waals surface area contributed by atoms with Gasteiger partial charge in [0, 0.05) is 44.2 Å². The van der Waals surface area contributed by atoms with Gasteiger partial charge < -0.3 is 9.64 Å². The topological polar surface area (TPSA) is 78.9 Å². The number of hydrogen-bond acceptors (Lipinski definition) is 5. The number of nitrogens with one attached hydrogen (secondary N) is 1. The second-order valence-electron chi connectivity index (χ2n) is 8.30. The molecule has 1 aromatic rings. The summed E-state index contributed by atoms with van der Waals surface area (Å²) in [5, 5.41) is 0. The molecule has 1 N–H and O–H groups in total. The molecule has 0 bridgehead atoms. The fourth-order valence-electron chi connectivity index (χ4n) is 4.22. The number of sulfonamides is 1. The zero-order valence-electron chi connectivity index (χ0n) is 17.6. The number of carbonyl (C=O) groups excluding carboxylic acids is 1. The summed E-state index contributed by atoms with van der Waals surface area (Å²) in [6, 6.07) is 6.78. The molecule has 1 aliphatic carbocycles. The molecule has 0 spiro atoms. The highest BCUT2D eigenvalue weighted by Crippen LogP contribution is 2.28. The lowest BCUT2D eigenvalue weighted by Gasteiger charge is -2.39. The van der Waals surface area contributed by atoms with Crippen LogP contribution < -0.4 is 9.46 Å². The highest BCUT2D eigenvalue weighted by Gasteiger charge is 2.32. The summed E-state index contributed by atoms with van der Waals surface area (Å²) in [4.78, 5) is 17.5. The van der Waals surface area contributed by atoms with Crippen molar-refractivity contribution < 1.29 is 17.9 Å². The van der Waals surface area contributed by atoms with Gasteiger partial charge >= 0.3 is 0 Å². The Morgan fingerprint density at radius 2 is 1.62 bits per heavy atom. The lowest BCUT2D eigenvalue weighted by atomic mass is 9.85. The molecule has 1 saturated carbocycles. The first-order valence-electron chi connectivity index (χ1n) is 10.5. The molecule has 2 fully saturated rings. The van der Waals surface area contributed by atoms with Crippen molar-refractivity contribution in [2.45, 2.75) is 56.5 Å². The van der Waals surface area contributed by atoms with Gasteiger partial charge in [0.1, 0.15) is 5.75 Å². The number of carbonyl (C=O) groups is 1. The fraction of sp³-hybridized carbons (Fsp3) is 0.667. The van der Waals surface area contributed by atoms with E-state index >= 15 is 0 Å². The van der Waals surface area contributed by atoms with Crippen LogP contribution in [0.3, 0.4) is 0 Å². The maximum absolute atomic E-state index is 12.9.